The van der Waals surface area contributed by atoms with Crippen molar-refractivity contribution in [2.45, 2.75) is 25.8 Å². The number of nitrogens with zero attached hydrogens (tertiary/aromatic N) is 3. The Morgan fingerprint density at radius 3 is 2.61 bits per heavy atom. The fraction of sp³-hybridized carbons (Fsp3) is 0.500. The van der Waals surface area contributed by atoms with Crippen LogP contribution in [-0.2, 0) is 6.54 Å². The first kappa shape index (κ1) is 16.5. The molecule has 1 aromatic carbocycles. The molecule has 3 heterocycles. The molecule has 0 saturated carbocycles. The van der Waals surface area contributed by atoms with E-state index in [9.17, 15) is 0 Å². The number of para-hydroxylation sites is 1. The van der Waals surface area contributed by atoms with Crippen molar-refractivity contribution in [1.82, 2.24) is 20.0 Å². The van der Waals surface area contributed by atoms with E-state index in [0.717, 1.165) is 12.2 Å². The Balaban J connectivity index is 0.00000156. The van der Waals surface area contributed by atoms with Gasteiger partial charge in [-0.15, -0.1) is 12.4 Å². The zero-order valence-corrected chi connectivity index (χ0v) is 14.3. The van der Waals surface area contributed by atoms with Crippen LogP contribution in [0.4, 0.5) is 0 Å². The van der Waals surface area contributed by atoms with Crippen molar-refractivity contribution in [1.29, 1.82) is 0 Å². The monoisotopic (exact) mass is 332 g/mol. The number of hydrogen-bond acceptors (Lipinski definition) is 3. The number of halogens is 1. The minimum atomic E-state index is 0. The number of likely N-dealkylation sites (tertiary alicyclic amines) is 1. The van der Waals surface area contributed by atoms with Gasteiger partial charge in [-0.25, -0.2) is 4.68 Å². The van der Waals surface area contributed by atoms with Crippen LogP contribution in [0.5, 0.6) is 0 Å². The van der Waals surface area contributed by atoms with E-state index >= 15 is 0 Å². The third-order valence-electron chi connectivity index (χ3n) is 5.29. The van der Waals surface area contributed by atoms with Crippen molar-refractivity contribution in [3.8, 4) is 5.69 Å². The second-order valence-corrected chi connectivity index (χ2v) is 6.78. The van der Waals surface area contributed by atoms with Gasteiger partial charge < -0.3 is 5.32 Å². The summed E-state index contributed by atoms with van der Waals surface area (Å²) in [4.78, 5) is 2.61. The molecule has 1 spiro atoms. The molecule has 4 rings (SSSR count). The van der Waals surface area contributed by atoms with Gasteiger partial charge in [0, 0.05) is 19.3 Å². The van der Waals surface area contributed by atoms with Gasteiger partial charge in [-0.1, -0.05) is 18.2 Å². The highest BCUT2D eigenvalue weighted by atomic mass is 35.5. The fourth-order valence-corrected chi connectivity index (χ4v) is 4.01. The lowest BCUT2D eigenvalue weighted by atomic mass is 9.78. The van der Waals surface area contributed by atoms with Crippen LogP contribution in [0.25, 0.3) is 5.69 Å². The Morgan fingerprint density at radius 1 is 1.04 bits per heavy atom. The Bertz CT molecular complexity index is 619. The lowest BCUT2D eigenvalue weighted by Gasteiger charge is -2.33. The maximum absolute atomic E-state index is 4.51. The Morgan fingerprint density at radius 2 is 1.83 bits per heavy atom. The number of aromatic nitrogens is 2. The highest BCUT2D eigenvalue weighted by molar-refractivity contribution is 5.85. The van der Waals surface area contributed by atoms with Crippen LogP contribution in [0.3, 0.4) is 0 Å². The summed E-state index contributed by atoms with van der Waals surface area (Å²) in [5.41, 5.74) is 3.01. The van der Waals surface area contributed by atoms with Crippen LogP contribution in [0.2, 0.25) is 0 Å². The molecule has 0 aliphatic carbocycles. The van der Waals surface area contributed by atoms with Crippen molar-refractivity contribution in [2.24, 2.45) is 5.41 Å². The number of piperidine rings is 1. The van der Waals surface area contributed by atoms with E-state index in [2.05, 4.69) is 50.3 Å². The normalized spacial score (nSPS) is 20.5. The Hall–Kier alpha value is -1.36. The van der Waals surface area contributed by atoms with Crippen LogP contribution in [0.15, 0.2) is 42.6 Å². The highest BCUT2D eigenvalue weighted by Gasteiger charge is 2.38. The van der Waals surface area contributed by atoms with Crippen LogP contribution in [0, 0.1) is 5.41 Å². The molecule has 124 valence electrons. The van der Waals surface area contributed by atoms with Crippen LogP contribution < -0.4 is 5.32 Å². The largest absolute Gasteiger partial charge is 0.317 e. The summed E-state index contributed by atoms with van der Waals surface area (Å²) < 4.78 is 2.08. The molecule has 2 aliphatic rings. The van der Waals surface area contributed by atoms with Crippen LogP contribution >= 0.6 is 12.4 Å². The van der Waals surface area contributed by atoms with Gasteiger partial charge in [-0.3, -0.25) is 4.90 Å². The van der Waals surface area contributed by atoms with Crippen molar-refractivity contribution < 1.29 is 0 Å². The molecule has 23 heavy (non-hydrogen) atoms. The highest BCUT2D eigenvalue weighted by Crippen LogP contribution is 2.39. The number of nitrogens with one attached hydrogen (secondary N) is 1. The minimum absolute atomic E-state index is 0. The van der Waals surface area contributed by atoms with E-state index in [4.69, 9.17) is 0 Å². The zero-order valence-electron chi connectivity index (χ0n) is 13.4. The molecule has 0 bridgehead atoms. The molecule has 2 fully saturated rings. The summed E-state index contributed by atoms with van der Waals surface area (Å²) in [7, 11) is 0. The quantitative estimate of drug-likeness (QED) is 0.938. The van der Waals surface area contributed by atoms with Crippen molar-refractivity contribution >= 4 is 12.4 Å². The smallest absolute Gasteiger partial charge is 0.0649 e. The van der Waals surface area contributed by atoms with E-state index in [1.54, 1.807) is 0 Å². The zero-order chi connectivity index (χ0) is 14.8. The molecule has 0 atom stereocenters. The first-order chi connectivity index (χ1) is 10.8. The second kappa shape index (κ2) is 7.04. The van der Waals surface area contributed by atoms with Crippen molar-refractivity contribution in [3.05, 3.63) is 48.3 Å². The summed E-state index contributed by atoms with van der Waals surface area (Å²) in [5, 5.41) is 8.01. The molecule has 5 heteroatoms. The van der Waals surface area contributed by atoms with E-state index in [1.807, 2.05) is 12.3 Å². The van der Waals surface area contributed by atoms with Gasteiger partial charge in [0.1, 0.15) is 0 Å². The van der Waals surface area contributed by atoms with Gasteiger partial charge >= 0.3 is 0 Å². The maximum atomic E-state index is 4.51. The molecular formula is C18H25ClN4. The summed E-state index contributed by atoms with van der Waals surface area (Å²) in [5.74, 6) is 0. The van der Waals surface area contributed by atoms with Crippen LogP contribution in [-0.4, -0.2) is 40.9 Å². The predicted octanol–water partition coefficient (Wildman–Crippen LogP) is 2.87. The lowest BCUT2D eigenvalue weighted by molar-refractivity contribution is 0.193. The van der Waals surface area contributed by atoms with E-state index in [1.165, 1.54) is 51.1 Å². The summed E-state index contributed by atoms with van der Waals surface area (Å²) in [6, 6.07) is 12.6. The predicted molar refractivity (Wildman–Crippen MR) is 95.2 cm³/mol. The summed E-state index contributed by atoms with van der Waals surface area (Å²) >= 11 is 0. The number of hydrogen-bond donors (Lipinski definition) is 1. The number of rotatable bonds is 3. The Labute approximate surface area is 144 Å². The van der Waals surface area contributed by atoms with E-state index in [0.29, 0.717) is 5.41 Å². The summed E-state index contributed by atoms with van der Waals surface area (Å²) in [6.07, 6.45) is 5.94. The van der Waals surface area contributed by atoms with Gasteiger partial charge in [0.05, 0.1) is 11.4 Å². The van der Waals surface area contributed by atoms with E-state index < -0.39 is 0 Å². The molecule has 4 nitrogen and oxygen atoms in total. The Kier molecular flexibility index (Phi) is 5.05. The van der Waals surface area contributed by atoms with Gasteiger partial charge in [0.2, 0.25) is 0 Å². The van der Waals surface area contributed by atoms with Gasteiger partial charge in [-0.05, 0) is 62.5 Å². The molecule has 0 amide bonds. The standard InChI is InChI=1S/C18H24N4.ClH/c1-2-4-16(5-3-1)22-17(6-10-20-22)14-21-13-9-18(15-21)7-11-19-12-8-18;/h1-6,10,19H,7-9,11-15H2;1H. The lowest BCUT2D eigenvalue weighted by Crippen LogP contribution is -2.38. The molecule has 2 saturated heterocycles. The molecule has 1 aromatic heterocycles. The van der Waals surface area contributed by atoms with Crippen molar-refractivity contribution in [3.63, 3.8) is 0 Å². The fourth-order valence-electron chi connectivity index (χ4n) is 4.01. The molecule has 2 aliphatic heterocycles. The van der Waals surface area contributed by atoms with Gasteiger partial charge in [-0.2, -0.15) is 5.10 Å². The molecular weight excluding hydrogens is 308 g/mol. The number of benzene rings is 1. The third-order valence-corrected chi connectivity index (χ3v) is 5.29. The molecule has 0 unspecified atom stereocenters. The third kappa shape index (κ3) is 3.44. The first-order valence-corrected chi connectivity index (χ1v) is 8.36. The topological polar surface area (TPSA) is 33.1 Å². The van der Waals surface area contributed by atoms with Gasteiger partial charge in [0.15, 0.2) is 0 Å². The molecule has 1 N–H and O–H groups in total. The SMILES string of the molecule is Cl.c1ccc(-n2nccc2CN2CCC3(CCNCC3)C2)cc1. The van der Waals surface area contributed by atoms with Crippen molar-refractivity contribution in [2.75, 3.05) is 26.2 Å². The maximum Gasteiger partial charge on any atom is 0.0649 e. The van der Waals surface area contributed by atoms with E-state index in [-0.39, 0.29) is 12.4 Å². The minimum Gasteiger partial charge on any atom is -0.317 e. The average molecular weight is 333 g/mol. The van der Waals surface area contributed by atoms with Crippen LogP contribution in [0.1, 0.15) is 25.0 Å². The first-order valence-electron chi connectivity index (χ1n) is 8.36. The molecule has 0 radical (unpaired) electrons. The van der Waals surface area contributed by atoms with Gasteiger partial charge in [0.25, 0.3) is 0 Å². The second-order valence-electron chi connectivity index (χ2n) is 6.78. The summed E-state index contributed by atoms with van der Waals surface area (Å²) in [6.45, 7) is 5.85. The average Bonchev–Trinajstić information content (AvgIpc) is 3.17. The molecule has 2 aromatic rings.